The lowest BCUT2D eigenvalue weighted by molar-refractivity contribution is 0.0992. The molecule has 2 aromatic rings. The highest BCUT2D eigenvalue weighted by molar-refractivity contribution is 9.10. The summed E-state index contributed by atoms with van der Waals surface area (Å²) < 4.78 is 39.9. The Kier molecular flexibility index (Phi) is 5.00. The standard InChI is InChI=1S/C15H11BrF2O2S/c1-9(15(19)10-2-4-11(16)5-3-10)21(20)14-8-12(17)6-7-13(14)18/h2-9H,1H3. The van der Waals surface area contributed by atoms with Gasteiger partial charge in [0.1, 0.15) is 11.6 Å². The van der Waals surface area contributed by atoms with Crippen molar-refractivity contribution in [3.05, 3.63) is 64.1 Å². The van der Waals surface area contributed by atoms with Gasteiger partial charge in [0, 0.05) is 10.0 Å². The van der Waals surface area contributed by atoms with Crippen LogP contribution >= 0.6 is 15.9 Å². The smallest absolute Gasteiger partial charge is 0.178 e. The summed E-state index contributed by atoms with van der Waals surface area (Å²) in [4.78, 5) is 11.9. The normalized spacial score (nSPS) is 13.7. The topological polar surface area (TPSA) is 34.1 Å². The molecule has 110 valence electrons. The average Bonchev–Trinajstić information content (AvgIpc) is 2.48. The predicted octanol–water partition coefficient (Wildman–Crippen LogP) is 4.11. The van der Waals surface area contributed by atoms with Crippen LogP contribution in [0.1, 0.15) is 17.3 Å². The maximum atomic E-state index is 13.6. The van der Waals surface area contributed by atoms with Gasteiger partial charge in [-0.2, -0.15) is 0 Å². The van der Waals surface area contributed by atoms with E-state index in [0.29, 0.717) is 5.56 Å². The lowest BCUT2D eigenvalue weighted by Crippen LogP contribution is -2.23. The molecular weight excluding hydrogens is 362 g/mol. The van der Waals surface area contributed by atoms with Crippen LogP contribution in [0, 0.1) is 11.6 Å². The highest BCUT2D eigenvalue weighted by Crippen LogP contribution is 2.20. The Hall–Kier alpha value is -1.40. The minimum absolute atomic E-state index is 0.298. The predicted molar refractivity (Wildman–Crippen MR) is 80.7 cm³/mol. The molecule has 0 spiro atoms. The van der Waals surface area contributed by atoms with Gasteiger partial charge in [0.2, 0.25) is 0 Å². The number of benzene rings is 2. The van der Waals surface area contributed by atoms with Crippen molar-refractivity contribution in [2.75, 3.05) is 0 Å². The second-order valence-electron chi connectivity index (χ2n) is 4.39. The summed E-state index contributed by atoms with van der Waals surface area (Å²) in [5, 5.41) is -0.970. The van der Waals surface area contributed by atoms with E-state index in [0.717, 1.165) is 22.7 Å². The van der Waals surface area contributed by atoms with E-state index in [9.17, 15) is 17.8 Å². The van der Waals surface area contributed by atoms with E-state index in [4.69, 9.17) is 0 Å². The van der Waals surface area contributed by atoms with Crippen molar-refractivity contribution in [3.63, 3.8) is 0 Å². The van der Waals surface area contributed by atoms with Crippen molar-refractivity contribution in [2.45, 2.75) is 17.1 Å². The molecule has 2 nitrogen and oxygen atoms in total. The summed E-state index contributed by atoms with van der Waals surface area (Å²) in [6.45, 7) is 1.44. The van der Waals surface area contributed by atoms with Crippen molar-refractivity contribution < 1.29 is 17.8 Å². The number of carbonyl (C=O) groups excluding carboxylic acids is 1. The molecule has 2 unspecified atom stereocenters. The molecule has 6 heteroatoms. The summed E-state index contributed by atoms with van der Waals surface area (Å²) in [5.74, 6) is -1.86. The number of rotatable bonds is 4. The van der Waals surface area contributed by atoms with Crippen molar-refractivity contribution in [2.24, 2.45) is 0 Å². The van der Waals surface area contributed by atoms with Gasteiger partial charge in [0.25, 0.3) is 0 Å². The van der Waals surface area contributed by atoms with E-state index in [1.165, 1.54) is 6.92 Å². The SMILES string of the molecule is CC(C(=O)c1ccc(Br)cc1)S(=O)c1cc(F)ccc1F. The van der Waals surface area contributed by atoms with E-state index in [2.05, 4.69) is 15.9 Å². The number of carbonyl (C=O) groups is 1. The number of Topliss-reactive ketones (excluding diaryl/α,β-unsaturated/α-hetero) is 1. The summed E-state index contributed by atoms with van der Waals surface area (Å²) in [6, 6.07) is 9.24. The second kappa shape index (κ2) is 6.58. The molecule has 0 fully saturated rings. The number of hydrogen-bond acceptors (Lipinski definition) is 2. The van der Waals surface area contributed by atoms with Gasteiger partial charge in [-0.15, -0.1) is 0 Å². The Morgan fingerprint density at radius 2 is 1.76 bits per heavy atom. The molecular formula is C15H11BrF2O2S. The van der Waals surface area contributed by atoms with Crippen LogP contribution in [0.5, 0.6) is 0 Å². The molecule has 21 heavy (non-hydrogen) atoms. The van der Waals surface area contributed by atoms with Crippen LogP contribution in [0.25, 0.3) is 0 Å². The summed E-state index contributed by atoms with van der Waals surface area (Å²) in [7, 11) is -1.96. The zero-order valence-electron chi connectivity index (χ0n) is 11.0. The fraction of sp³-hybridized carbons (Fsp3) is 0.133. The molecule has 0 aliphatic carbocycles. The highest BCUT2D eigenvalue weighted by Gasteiger charge is 2.25. The second-order valence-corrected chi connectivity index (χ2v) is 7.04. The molecule has 0 N–H and O–H groups in total. The first kappa shape index (κ1) is 16.0. The Morgan fingerprint density at radius 1 is 1.14 bits per heavy atom. The van der Waals surface area contributed by atoms with Crippen LogP contribution in [0.2, 0.25) is 0 Å². The van der Waals surface area contributed by atoms with Gasteiger partial charge in [-0.25, -0.2) is 8.78 Å². The van der Waals surface area contributed by atoms with Crippen molar-refractivity contribution in [3.8, 4) is 0 Å². The van der Waals surface area contributed by atoms with Crippen LogP contribution in [0.4, 0.5) is 8.78 Å². The van der Waals surface area contributed by atoms with E-state index in [1.54, 1.807) is 24.3 Å². The van der Waals surface area contributed by atoms with Gasteiger partial charge >= 0.3 is 0 Å². The van der Waals surface area contributed by atoms with Gasteiger partial charge in [-0.1, -0.05) is 28.1 Å². The summed E-state index contributed by atoms with van der Waals surface area (Å²) in [6.07, 6.45) is 0. The first-order chi connectivity index (χ1) is 9.90. The minimum Gasteiger partial charge on any atom is -0.293 e. The third-order valence-electron chi connectivity index (χ3n) is 2.93. The fourth-order valence-electron chi connectivity index (χ4n) is 1.77. The van der Waals surface area contributed by atoms with Gasteiger partial charge in [-0.05, 0) is 37.3 Å². The molecule has 0 saturated heterocycles. The van der Waals surface area contributed by atoms with E-state index < -0.39 is 27.7 Å². The highest BCUT2D eigenvalue weighted by atomic mass is 79.9. The van der Waals surface area contributed by atoms with Crippen LogP contribution in [-0.2, 0) is 10.8 Å². The van der Waals surface area contributed by atoms with Gasteiger partial charge < -0.3 is 0 Å². The zero-order valence-corrected chi connectivity index (χ0v) is 13.4. The van der Waals surface area contributed by atoms with Crippen LogP contribution < -0.4 is 0 Å². The number of hydrogen-bond donors (Lipinski definition) is 0. The number of halogens is 3. The lowest BCUT2D eigenvalue weighted by atomic mass is 10.1. The molecule has 0 heterocycles. The molecule has 2 atom stereocenters. The van der Waals surface area contributed by atoms with Crippen molar-refractivity contribution >= 4 is 32.5 Å². The summed E-state index contributed by atoms with van der Waals surface area (Å²) in [5.41, 5.74) is 0.371. The Bertz CT molecular complexity index is 701. The minimum atomic E-state index is -1.96. The quantitative estimate of drug-likeness (QED) is 0.756. The van der Waals surface area contributed by atoms with Crippen LogP contribution in [0.3, 0.4) is 0 Å². The molecule has 2 aromatic carbocycles. The summed E-state index contributed by atoms with van der Waals surface area (Å²) >= 11 is 3.25. The van der Waals surface area contributed by atoms with E-state index in [1.807, 2.05) is 0 Å². The molecule has 0 amide bonds. The van der Waals surface area contributed by atoms with Crippen molar-refractivity contribution in [1.82, 2.24) is 0 Å². The molecule has 0 saturated carbocycles. The molecule has 0 radical (unpaired) electrons. The average molecular weight is 373 g/mol. The largest absolute Gasteiger partial charge is 0.293 e. The fourth-order valence-corrected chi connectivity index (χ4v) is 3.23. The molecule has 0 aliphatic rings. The number of ketones is 1. The van der Waals surface area contributed by atoms with Gasteiger partial charge in [-0.3, -0.25) is 9.00 Å². The molecule has 0 aromatic heterocycles. The third-order valence-corrected chi connectivity index (χ3v) is 5.06. The van der Waals surface area contributed by atoms with E-state index >= 15 is 0 Å². The maximum Gasteiger partial charge on any atom is 0.178 e. The first-order valence-electron chi connectivity index (χ1n) is 6.05. The Morgan fingerprint density at radius 3 is 2.38 bits per heavy atom. The first-order valence-corrected chi connectivity index (χ1v) is 8.06. The van der Waals surface area contributed by atoms with Crippen molar-refractivity contribution in [1.29, 1.82) is 0 Å². The third kappa shape index (κ3) is 3.63. The Labute approximate surface area is 131 Å². The van der Waals surface area contributed by atoms with Crippen LogP contribution in [-0.4, -0.2) is 15.2 Å². The monoisotopic (exact) mass is 372 g/mol. The van der Waals surface area contributed by atoms with Gasteiger partial charge in [0.05, 0.1) is 20.9 Å². The van der Waals surface area contributed by atoms with Gasteiger partial charge in [0.15, 0.2) is 5.78 Å². The molecule has 0 bridgehead atoms. The molecule has 0 aliphatic heterocycles. The van der Waals surface area contributed by atoms with Crippen LogP contribution in [0.15, 0.2) is 51.8 Å². The Balaban J connectivity index is 2.28. The lowest BCUT2D eigenvalue weighted by Gasteiger charge is -2.11. The molecule has 2 rings (SSSR count). The van der Waals surface area contributed by atoms with E-state index in [-0.39, 0.29) is 10.7 Å². The zero-order chi connectivity index (χ0) is 15.6. The maximum absolute atomic E-state index is 13.6.